The maximum atomic E-state index is 12.6. The number of rotatable bonds is 5. The number of nitrogens with zero attached hydrogens (tertiary/aromatic N) is 6. The van der Waals surface area contributed by atoms with Crippen molar-refractivity contribution in [2.24, 2.45) is 5.10 Å². The van der Waals surface area contributed by atoms with Gasteiger partial charge in [-0.1, -0.05) is 42.8 Å². The van der Waals surface area contributed by atoms with Crippen molar-refractivity contribution < 1.29 is 9.42 Å². The molecule has 0 bridgehead atoms. The molecule has 3 N–H and O–H groups in total. The highest BCUT2D eigenvalue weighted by atomic mass is 35.5. The van der Waals surface area contributed by atoms with Crippen LogP contribution in [0.1, 0.15) is 48.4 Å². The molecule has 0 aliphatic carbocycles. The number of benzene rings is 1. The van der Waals surface area contributed by atoms with Gasteiger partial charge in [0, 0.05) is 5.02 Å². The first-order chi connectivity index (χ1) is 12.9. The molecule has 3 aromatic rings. The van der Waals surface area contributed by atoms with Crippen LogP contribution >= 0.6 is 11.6 Å². The van der Waals surface area contributed by atoms with Gasteiger partial charge in [0.05, 0.1) is 11.4 Å². The molecule has 3 rings (SSSR count). The number of hydrogen-bond acceptors (Lipinski definition) is 8. The standard InChI is InChI=1S/C16H17ClN8O2/c1-8(2)13-12(20-24-25(13)15-14(18)22-27-23-15)16(26)21-19-9(3)10-4-6-11(17)7-5-10/h4-8H,1-3H3,(H2,18,22)(H,21,26). The molecular formula is C16H17ClN8O2. The fourth-order valence-electron chi connectivity index (χ4n) is 2.41. The van der Waals surface area contributed by atoms with Crippen LogP contribution in [0.3, 0.4) is 0 Å². The van der Waals surface area contributed by atoms with Gasteiger partial charge in [0.1, 0.15) is 0 Å². The van der Waals surface area contributed by atoms with Crippen LogP contribution in [0.5, 0.6) is 0 Å². The van der Waals surface area contributed by atoms with Crippen molar-refractivity contribution >= 4 is 29.0 Å². The first-order valence-corrected chi connectivity index (χ1v) is 8.40. The lowest BCUT2D eigenvalue weighted by atomic mass is 10.1. The number of amides is 1. The van der Waals surface area contributed by atoms with Gasteiger partial charge < -0.3 is 5.73 Å². The second kappa shape index (κ2) is 7.54. The number of nitrogens with two attached hydrogens (primary N) is 1. The zero-order valence-corrected chi connectivity index (χ0v) is 15.6. The Morgan fingerprint density at radius 3 is 2.59 bits per heavy atom. The van der Waals surface area contributed by atoms with Gasteiger partial charge in [0.2, 0.25) is 11.6 Å². The van der Waals surface area contributed by atoms with Crippen LogP contribution in [0.2, 0.25) is 5.02 Å². The monoisotopic (exact) mass is 388 g/mol. The van der Waals surface area contributed by atoms with E-state index in [-0.39, 0.29) is 23.2 Å². The summed E-state index contributed by atoms with van der Waals surface area (Å²) in [6.07, 6.45) is 0. The fourth-order valence-corrected chi connectivity index (χ4v) is 2.53. The number of carbonyl (C=O) groups excluding carboxylic acids is 1. The predicted octanol–water partition coefficient (Wildman–Crippen LogP) is 2.16. The van der Waals surface area contributed by atoms with E-state index in [1.165, 1.54) is 4.68 Å². The van der Waals surface area contributed by atoms with Crippen LogP contribution in [0.15, 0.2) is 34.0 Å². The lowest BCUT2D eigenvalue weighted by Gasteiger charge is -2.08. The van der Waals surface area contributed by atoms with Gasteiger partial charge in [-0.2, -0.15) is 9.78 Å². The molecule has 0 unspecified atom stereocenters. The molecule has 0 fully saturated rings. The molecule has 0 radical (unpaired) electrons. The molecule has 27 heavy (non-hydrogen) atoms. The topological polar surface area (TPSA) is 137 Å². The van der Waals surface area contributed by atoms with Gasteiger partial charge >= 0.3 is 0 Å². The van der Waals surface area contributed by atoms with Gasteiger partial charge in [-0.25, -0.2) is 10.1 Å². The Balaban J connectivity index is 1.87. The summed E-state index contributed by atoms with van der Waals surface area (Å²) in [5.41, 5.74) is 10.3. The van der Waals surface area contributed by atoms with Crippen LogP contribution in [-0.2, 0) is 0 Å². The lowest BCUT2D eigenvalue weighted by Crippen LogP contribution is -2.22. The van der Waals surface area contributed by atoms with Crippen LogP contribution in [0, 0.1) is 0 Å². The molecule has 10 nitrogen and oxygen atoms in total. The van der Waals surface area contributed by atoms with Crippen molar-refractivity contribution in [1.29, 1.82) is 0 Å². The summed E-state index contributed by atoms with van der Waals surface area (Å²) < 4.78 is 5.93. The molecule has 1 amide bonds. The lowest BCUT2D eigenvalue weighted by molar-refractivity contribution is 0.0948. The number of halogens is 1. The molecule has 0 spiro atoms. The summed E-state index contributed by atoms with van der Waals surface area (Å²) in [7, 11) is 0. The summed E-state index contributed by atoms with van der Waals surface area (Å²) in [6.45, 7) is 5.54. The zero-order valence-electron chi connectivity index (χ0n) is 14.8. The Labute approximate surface area is 159 Å². The summed E-state index contributed by atoms with van der Waals surface area (Å²) in [5.74, 6) is -0.386. The van der Waals surface area contributed by atoms with Crippen molar-refractivity contribution in [3.8, 4) is 5.82 Å². The van der Waals surface area contributed by atoms with Gasteiger partial charge in [0.25, 0.3) is 5.91 Å². The average Bonchev–Trinajstić information content (AvgIpc) is 3.25. The molecular weight excluding hydrogens is 372 g/mol. The van der Waals surface area contributed by atoms with Crippen molar-refractivity contribution in [2.75, 3.05) is 5.73 Å². The Morgan fingerprint density at radius 2 is 2.00 bits per heavy atom. The Hall–Kier alpha value is -3.27. The maximum Gasteiger partial charge on any atom is 0.293 e. The van der Waals surface area contributed by atoms with Crippen LogP contribution in [0.25, 0.3) is 5.82 Å². The third-order valence-corrected chi connectivity index (χ3v) is 4.00. The number of nitrogens with one attached hydrogen (secondary N) is 1. The highest BCUT2D eigenvalue weighted by Gasteiger charge is 2.25. The Kier molecular flexibility index (Phi) is 5.17. The molecule has 0 saturated heterocycles. The van der Waals surface area contributed by atoms with Crippen molar-refractivity contribution in [1.82, 2.24) is 30.7 Å². The van der Waals surface area contributed by atoms with Gasteiger partial charge in [-0.05, 0) is 40.9 Å². The molecule has 0 atom stereocenters. The minimum atomic E-state index is -0.506. The predicted molar refractivity (Wildman–Crippen MR) is 98.8 cm³/mol. The van der Waals surface area contributed by atoms with Crippen molar-refractivity contribution in [3.05, 3.63) is 46.2 Å². The van der Waals surface area contributed by atoms with E-state index in [0.29, 0.717) is 16.4 Å². The highest BCUT2D eigenvalue weighted by molar-refractivity contribution is 6.30. The molecule has 140 valence electrons. The Bertz CT molecular complexity index is 990. The van der Waals surface area contributed by atoms with Gasteiger partial charge in [0.15, 0.2) is 5.69 Å². The maximum absolute atomic E-state index is 12.6. The van der Waals surface area contributed by atoms with E-state index in [0.717, 1.165) is 5.56 Å². The molecule has 1 aromatic carbocycles. The van der Waals surface area contributed by atoms with E-state index in [1.807, 2.05) is 26.0 Å². The second-order valence-electron chi connectivity index (χ2n) is 6.01. The van der Waals surface area contributed by atoms with Crippen LogP contribution < -0.4 is 11.2 Å². The third kappa shape index (κ3) is 3.80. The zero-order chi connectivity index (χ0) is 19.6. The van der Waals surface area contributed by atoms with Crippen molar-refractivity contribution in [2.45, 2.75) is 26.7 Å². The summed E-state index contributed by atoms with van der Waals surface area (Å²) >= 11 is 5.87. The molecule has 0 aliphatic heterocycles. The van der Waals surface area contributed by atoms with Crippen LogP contribution in [0.4, 0.5) is 5.82 Å². The fraction of sp³-hybridized carbons (Fsp3) is 0.250. The second-order valence-corrected chi connectivity index (χ2v) is 6.44. The van der Waals surface area contributed by atoms with E-state index in [9.17, 15) is 4.79 Å². The highest BCUT2D eigenvalue weighted by Crippen LogP contribution is 2.22. The molecule has 2 heterocycles. The minimum absolute atomic E-state index is 0.0466. The summed E-state index contributed by atoms with van der Waals surface area (Å²) in [5, 5.41) is 19.9. The number of carbonyl (C=O) groups is 1. The molecule has 0 aliphatic rings. The first kappa shape index (κ1) is 18.5. The molecule has 11 heteroatoms. The van der Waals surface area contributed by atoms with E-state index in [1.54, 1.807) is 19.1 Å². The Morgan fingerprint density at radius 1 is 1.30 bits per heavy atom. The normalized spacial score (nSPS) is 11.8. The minimum Gasteiger partial charge on any atom is -0.378 e. The number of hydrogen-bond donors (Lipinski definition) is 2. The molecule has 0 saturated carbocycles. The van der Waals surface area contributed by atoms with E-state index < -0.39 is 5.91 Å². The summed E-state index contributed by atoms with van der Waals surface area (Å²) in [6, 6.07) is 7.11. The van der Waals surface area contributed by atoms with Crippen LogP contribution in [-0.4, -0.2) is 36.9 Å². The number of anilines is 1. The SMILES string of the molecule is CC(=NNC(=O)c1nnn(-c2nonc2N)c1C(C)C)c1ccc(Cl)cc1. The summed E-state index contributed by atoms with van der Waals surface area (Å²) in [4.78, 5) is 12.6. The first-order valence-electron chi connectivity index (χ1n) is 8.03. The van der Waals surface area contributed by atoms with Gasteiger partial charge in [-0.15, -0.1) is 5.10 Å². The third-order valence-electron chi connectivity index (χ3n) is 3.75. The van der Waals surface area contributed by atoms with E-state index in [2.05, 4.69) is 35.8 Å². The smallest absolute Gasteiger partial charge is 0.293 e. The van der Waals surface area contributed by atoms with Crippen molar-refractivity contribution in [3.63, 3.8) is 0 Å². The molecule has 2 aromatic heterocycles. The quantitative estimate of drug-likeness (QED) is 0.504. The number of nitrogen functional groups attached to an aromatic ring is 1. The average molecular weight is 389 g/mol. The van der Waals surface area contributed by atoms with E-state index in [4.69, 9.17) is 17.3 Å². The number of aromatic nitrogens is 5. The van der Waals surface area contributed by atoms with E-state index >= 15 is 0 Å². The largest absolute Gasteiger partial charge is 0.378 e. The number of hydrazone groups is 1. The van der Waals surface area contributed by atoms with Gasteiger partial charge in [-0.3, -0.25) is 4.79 Å².